The molecule has 2 aromatic carbocycles. The lowest BCUT2D eigenvalue weighted by atomic mass is 10.1. The summed E-state index contributed by atoms with van der Waals surface area (Å²) in [5, 5.41) is 3.49. The predicted octanol–water partition coefficient (Wildman–Crippen LogP) is 4.53. The first kappa shape index (κ1) is 23.7. The van der Waals surface area contributed by atoms with E-state index in [1.807, 2.05) is 58.0 Å². The highest BCUT2D eigenvalue weighted by Crippen LogP contribution is 2.20. The van der Waals surface area contributed by atoms with Gasteiger partial charge in [0.2, 0.25) is 5.91 Å². The van der Waals surface area contributed by atoms with Crippen LogP contribution in [0.4, 0.5) is 0 Å². The zero-order valence-electron chi connectivity index (χ0n) is 18.4. The van der Waals surface area contributed by atoms with Crippen molar-refractivity contribution in [2.45, 2.75) is 47.2 Å². The lowest BCUT2D eigenvalue weighted by Crippen LogP contribution is -2.49. The van der Waals surface area contributed by atoms with Crippen molar-refractivity contribution < 1.29 is 14.3 Å². The molecule has 0 fully saturated rings. The summed E-state index contributed by atoms with van der Waals surface area (Å²) in [6.45, 7) is 10.4. The van der Waals surface area contributed by atoms with E-state index in [0.717, 1.165) is 16.7 Å². The van der Waals surface area contributed by atoms with Crippen LogP contribution in [0.5, 0.6) is 5.75 Å². The quantitative estimate of drug-likeness (QED) is 0.636. The summed E-state index contributed by atoms with van der Waals surface area (Å²) >= 11 is 6.10. The van der Waals surface area contributed by atoms with Crippen molar-refractivity contribution in [2.24, 2.45) is 5.92 Å². The van der Waals surface area contributed by atoms with Gasteiger partial charge in [0.05, 0.1) is 0 Å². The summed E-state index contributed by atoms with van der Waals surface area (Å²) in [5.74, 6) is 0.544. The van der Waals surface area contributed by atoms with Crippen molar-refractivity contribution in [1.82, 2.24) is 10.2 Å². The summed E-state index contributed by atoms with van der Waals surface area (Å²) in [5.41, 5.74) is 2.86. The number of nitrogens with zero attached hydrogens (tertiary/aromatic N) is 1. The zero-order chi connectivity index (χ0) is 22.3. The molecule has 2 amide bonds. The molecule has 2 rings (SSSR count). The molecule has 0 saturated carbocycles. The van der Waals surface area contributed by atoms with Gasteiger partial charge in [-0.25, -0.2) is 0 Å². The number of halogens is 1. The molecule has 0 aliphatic heterocycles. The molecule has 162 valence electrons. The highest BCUT2D eigenvalue weighted by atomic mass is 35.5. The Kier molecular flexibility index (Phi) is 8.72. The Morgan fingerprint density at radius 2 is 1.83 bits per heavy atom. The lowest BCUT2D eigenvalue weighted by molar-refractivity contribution is -0.142. The van der Waals surface area contributed by atoms with Gasteiger partial charge < -0.3 is 15.0 Å². The zero-order valence-corrected chi connectivity index (χ0v) is 19.1. The second kappa shape index (κ2) is 11.0. The number of carbonyl (C=O) groups is 2. The molecule has 2 aromatic rings. The van der Waals surface area contributed by atoms with Crippen LogP contribution in [0.3, 0.4) is 0 Å². The van der Waals surface area contributed by atoms with Gasteiger partial charge in [-0.3, -0.25) is 9.59 Å². The van der Waals surface area contributed by atoms with E-state index in [4.69, 9.17) is 16.3 Å². The molecule has 0 aliphatic carbocycles. The second-order valence-electron chi connectivity index (χ2n) is 8.02. The Hall–Kier alpha value is -2.53. The van der Waals surface area contributed by atoms with Crippen LogP contribution < -0.4 is 10.1 Å². The molecule has 0 heterocycles. The van der Waals surface area contributed by atoms with Gasteiger partial charge in [0.1, 0.15) is 11.8 Å². The average Bonchev–Trinajstić information content (AvgIpc) is 2.70. The Bertz CT molecular complexity index is 883. The number of nitrogens with one attached hydrogen (secondary N) is 1. The molecule has 0 spiro atoms. The summed E-state index contributed by atoms with van der Waals surface area (Å²) in [7, 11) is 0. The van der Waals surface area contributed by atoms with Gasteiger partial charge in [0, 0.05) is 18.1 Å². The monoisotopic (exact) mass is 430 g/mol. The standard InChI is InChI=1S/C24H31ClN2O3/c1-16(2)13-26-24(29)19(5)27(14-20-7-6-8-21(25)12-20)23(28)15-30-22-11-17(3)9-10-18(22)4/h6-12,16,19H,13-15H2,1-5H3,(H,26,29). The van der Waals surface area contributed by atoms with Crippen molar-refractivity contribution in [2.75, 3.05) is 13.2 Å². The molecular weight excluding hydrogens is 400 g/mol. The van der Waals surface area contributed by atoms with Crippen LogP contribution in [0.2, 0.25) is 5.02 Å². The number of benzene rings is 2. The maximum absolute atomic E-state index is 13.1. The van der Waals surface area contributed by atoms with Crippen LogP contribution in [-0.4, -0.2) is 35.9 Å². The molecule has 0 aliphatic rings. The summed E-state index contributed by atoms with van der Waals surface area (Å²) in [6.07, 6.45) is 0. The minimum absolute atomic E-state index is 0.146. The van der Waals surface area contributed by atoms with Crippen LogP contribution in [0.25, 0.3) is 0 Å². The van der Waals surface area contributed by atoms with Gasteiger partial charge in [-0.15, -0.1) is 0 Å². The van der Waals surface area contributed by atoms with Crippen molar-refractivity contribution in [3.8, 4) is 5.75 Å². The molecule has 0 aromatic heterocycles. The molecule has 6 heteroatoms. The van der Waals surface area contributed by atoms with Crippen LogP contribution in [0.1, 0.15) is 37.5 Å². The molecule has 30 heavy (non-hydrogen) atoms. The molecule has 1 unspecified atom stereocenters. The third-order valence-corrected chi connectivity index (χ3v) is 5.02. The van der Waals surface area contributed by atoms with Crippen LogP contribution in [-0.2, 0) is 16.1 Å². The van der Waals surface area contributed by atoms with Gasteiger partial charge in [-0.1, -0.05) is 49.7 Å². The van der Waals surface area contributed by atoms with E-state index in [2.05, 4.69) is 5.32 Å². The maximum atomic E-state index is 13.1. The normalized spacial score (nSPS) is 11.8. The fraction of sp³-hybridized carbons (Fsp3) is 0.417. The molecule has 0 radical (unpaired) electrons. The Labute approximate surface area is 184 Å². The molecule has 1 N–H and O–H groups in total. The Morgan fingerprint density at radius 1 is 1.10 bits per heavy atom. The molecule has 0 saturated heterocycles. The van der Waals surface area contributed by atoms with Crippen LogP contribution in [0, 0.1) is 19.8 Å². The van der Waals surface area contributed by atoms with Gasteiger partial charge in [-0.05, 0) is 61.6 Å². The van der Waals surface area contributed by atoms with Gasteiger partial charge in [-0.2, -0.15) is 0 Å². The van der Waals surface area contributed by atoms with E-state index in [-0.39, 0.29) is 25.0 Å². The third kappa shape index (κ3) is 7.06. The minimum Gasteiger partial charge on any atom is -0.483 e. The fourth-order valence-electron chi connectivity index (χ4n) is 2.95. The summed E-state index contributed by atoms with van der Waals surface area (Å²) in [6, 6.07) is 12.5. The molecule has 1 atom stereocenters. The number of carbonyl (C=O) groups excluding carboxylic acids is 2. The topological polar surface area (TPSA) is 58.6 Å². The van der Waals surface area contributed by atoms with Crippen molar-refractivity contribution in [3.63, 3.8) is 0 Å². The summed E-state index contributed by atoms with van der Waals surface area (Å²) in [4.78, 5) is 27.3. The first-order valence-electron chi connectivity index (χ1n) is 10.2. The fourth-order valence-corrected chi connectivity index (χ4v) is 3.17. The first-order chi connectivity index (χ1) is 14.2. The third-order valence-electron chi connectivity index (χ3n) is 4.79. The van der Waals surface area contributed by atoms with Crippen molar-refractivity contribution >= 4 is 23.4 Å². The average molecular weight is 431 g/mol. The number of hydrogen-bond acceptors (Lipinski definition) is 3. The van der Waals surface area contributed by atoms with E-state index in [9.17, 15) is 9.59 Å². The number of aryl methyl sites for hydroxylation is 2. The van der Waals surface area contributed by atoms with Crippen molar-refractivity contribution in [3.05, 3.63) is 64.2 Å². The predicted molar refractivity (Wildman–Crippen MR) is 121 cm³/mol. The Morgan fingerprint density at radius 3 is 2.50 bits per heavy atom. The summed E-state index contributed by atoms with van der Waals surface area (Å²) < 4.78 is 5.80. The first-order valence-corrected chi connectivity index (χ1v) is 10.6. The van der Waals surface area contributed by atoms with Crippen LogP contribution in [0.15, 0.2) is 42.5 Å². The van der Waals surface area contributed by atoms with E-state index in [1.54, 1.807) is 19.1 Å². The smallest absolute Gasteiger partial charge is 0.261 e. The van der Waals surface area contributed by atoms with Crippen molar-refractivity contribution in [1.29, 1.82) is 0 Å². The molecular formula is C24H31ClN2O3. The number of rotatable bonds is 9. The number of amides is 2. The lowest BCUT2D eigenvalue weighted by Gasteiger charge is -2.29. The largest absolute Gasteiger partial charge is 0.483 e. The van der Waals surface area contributed by atoms with Gasteiger partial charge in [0.25, 0.3) is 5.91 Å². The van der Waals surface area contributed by atoms with E-state index >= 15 is 0 Å². The SMILES string of the molecule is Cc1ccc(C)c(OCC(=O)N(Cc2cccc(Cl)c2)C(C)C(=O)NCC(C)C)c1. The molecule has 5 nitrogen and oxygen atoms in total. The number of hydrogen-bond donors (Lipinski definition) is 1. The highest BCUT2D eigenvalue weighted by molar-refractivity contribution is 6.30. The van der Waals surface area contributed by atoms with Gasteiger partial charge >= 0.3 is 0 Å². The second-order valence-corrected chi connectivity index (χ2v) is 8.46. The van der Waals surface area contributed by atoms with Gasteiger partial charge in [0.15, 0.2) is 6.61 Å². The minimum atomic E-state index is -0.641. The number of ether oxygens (including phenoxy) is 1. The van der Waals surface area contributed by atoms with E-state index in [1.165, 1.54) is 4.90 Å². The van der Waals surface area contributed by atoms with E-state index in [0.29, 0.717) is 23.2 Å². The molecule has 0 bridgehead atoms. The van der Waals surface area contributed by atoms with Crippen LogP contribution >= 0.6 is 11.6 Å². The highest BCUT2D eigenvalue weighted by Gasteiger charge is 2.26. The van der Waals surface area contributed by atoms with E-state index < -0.39 is 6.04 Å². The maximum Gasteiger partial charge on any atom is 0.261 e. The Balaban J connectivity index is 2.17.